The molecule has 0 saturated carbocycles. The van der Waals surface area contributed by atoms with Crippen LogP contribution in [-0.4, -0.2) is 67.9 Å². The Kier molecular flexibility index (Phi) is 8.90. The molecule has 7 nitrogen and oxygen atoms in total. The third-order valence-corrected chi connectivity index (χ3v) is 2.79. The van der Waals surface area contributed by atoms with Gasteiger partial charge in [-0.25, -0.2) is 9.59 Å². The zero-order chi connectivity index (χ0) is 14.8. The summed E-state index contributed by atoms with van der Waals surface area (Å²) < 4.78 is 4.72. The molecule has 0 heterocycles. The van der Waals surface area contributed by atoms with Gasteiger partial charge in [-0.05, 0) is 33.9 Å². The largest absolute Gasteiger partial charge is 0.480 e. The highest BCUT2D eigenvalue weighted by Gasteiger charge is 2.19. The van der Waals surface area contributed by atoms with Gasteiger partial charge in [0.25, 0.3) is 0 Å². The summed E-state index contributed by atoms with van der Waals surface area (Å²) in [6, 6.07) is -1.05. The van der Waals surface area contributed by atoms with Gasteiger partial charge in [-0.3, -0.25) is 0 Å². The van der Waals surface area contributed by atoms with E-state index in [2.05, 4.69) is 29.4 Å². The summed E-state index contributed by atoms with van der Waals surface area (Å²) in [4.78, 5) is 24.4. The zero-order valence-corrected chi connectivity index (χ0v) is 12.1. The summed E-state index contributed by atoms with van der Waals surface area (Å²) in [6.07, 6.45) is 0.810. The van der Waals surface area contributed by atoms with Crippen LogP contribution in [-0.2, 0) is 9.53 Å². The third-order valence-electron chi connectivity index (χ3n) is 2.79. The fourth-order valence-electron chi connectivity index (χ4n) is 1.34. The molecule has 1 atom stereocenters. The molecule has 3 N–H and O–H groups in total. The molecular formula is C12H25N3O4. The normalized spacial score (nSPS) is 12.5. The van der Waals surface area contributed by atoms with Crippen LogP contribution in [0.1, 0.15) is 20.3 Å². The van der Waals surface area contributed by atoms with Gasteiger partial charge >= 0.3 is 12.0 Å². The average molecular weight is 275 g/mol. The SMILES string of the molecule is COCC(NC(=O)NCCCN(C)C(C)C)C(=O)O. The first kappa shape index (κ1) is 17.7. The molecule has 2 amide bonds. The van der Waals surface area contributed by atoms with Crippen molar-refractivity contribution in [3.05, 3.63) is 0 Å². The van der Waals surface area contributed by atoms with E-state index in [9.17, 15) is 9.59 Å². The minimum atomic E-state index is -1.11. The molecule has 1 unspecified atom stereocenters. The van der Waals surface area contributed by atoms with Crippen molar-refractivity contribution in [2.75, 3.05) is 33.9 Å². The predicted octanol–water partition coefficient (Wildman–Crippen LogP) is 0.116. The summed E-state index contributed by atoms with van der Waals surface area (Å²) in [5.41, 5.74) is 0. The van der Waals surface area contributed by atoms with Crippen LogP contribution in [0.4, 0.5) is 4.79 Å². The van der Waals surface area contributed by atoms with Crippen molar-refractivity contribution in [2.45, 2.75) is 32.4 Å². The Morgan fingerprint density at radius 3 is 2.47 bits per heavy atom. The molecule has 7 heteroatoms. The second-order valence-corrected chi connectivity index (χ2v) is 4.67. The first-order valence-corrected chi connectivity index (χ1v) is 6.34. The Morgan fingerprint density at radius 1 is 1.37 bits per heavy atom. The summed E-state index contributed by atoms with van der Waals surface area (Å²) in [6.45, 7) is 5.52. The standard InChI is InChI=1S/C12H25N3O4/c1-9(2)15(3)7-5-6-13-12(18)14-10(8-19-4)11(16)17/h9-10H,5-8H2,1-4H3,(H,16,17)(H2,13,14,18). The van der Waals surface area contributed by atoms with E-state index in [0.717, 1.165) is 13.0 Å². The Bertz CT molecular complexity index is 284. The number of carboxylic acid groups (broad SMARTS) is 1. The van der Waals surface area contributed by atoms with Crippen LogP contribution in [0.5, 0.6) is 0 Å². The third kappa shape index (κ3) is 8.39. The maximum atomic E-state index is 11.5. The van der Waals surface area contributed by atoms with E-state index in [1.54, 1.807) is 0 Å². The average Bonchev–Trinajstić information content (AvgIpc) is 2.33. The molecule has 0 radical (unpaired) electrons. The second-order valence-electron chi connectivity index (χ2n) is 4.67. The van der Waals surface area contributed by atoms with Crippen molar-refractivity contribution in [1.82, 2.24) is 15.5 Å². The van der Waals surface area contributed by atoms with E-state index in [-0.39, 0.29) is 6.61 Å². The summed E-state index contributed by atoms with van der Waals surface area (Å²) >= 11 is 0. The number of nitrogens with one attached hydrogen (secondary N) is 2. The van der Waals surface area contributed by atoms with Crippen LogP contribution >= 0.6 is 0 Å². The van der Waals surface area contributed by atoms with Gasteiger partial charge in [-0.15, -0.1) is 0 Å². The highest BCUT2D eigenvalue weighted by molar-refractivity contribution is 5.82. The fourth-order valence-corrected chi connectivity index (χ4v) is 1.34. The lowest BCUT2D eigenvalue weighted by molar-refractivity contribution is -0.140. The van der Waals surface area contributed by atoms with Crippen LogP contribution < -0.4 is 10.6 Å². The Hall–Kier alpha value is -1.34. The number of carbonyl (C=O) groups excluding carboxylic acids is 1. The summed E-state index contributed by atoms with van der Waals surface area (Å²) in [5, 5.41) is 13.8. The smallest absolute Gasteiger partial charge is 0.328 e. The maximum absolute atomic E-state index is 11.5. The lowest BCUT2D eigenvalue weighted by atomic mass is 10.3. The van der Waals surface area contributed by atoms with E-state index in [4.69, 9.17) is 9.84 Å². The molecule has 112 valence electrons. The van der Waals surface area contributed by atoms with Gasteiger partial charge in [-0.2, -0.15) is 0 Å². The number of methoxy groups -OCH3 is 1. The molecule has 0 aliphatic rings. The number of rotatable bonds is 9. The molecule has 0 rings (SSSR count). The predicted molar refractivity (Wildman–Crippen MR) is 72.2 cm³/mol. The van der Waals surface area contributed by atoms with Crippen LogP contribution in [0.15, 0.2) is 0 Å². The molecule has 0 aliphatic carbocycles. The summed E-state index contributed by atoms with van der Waals surface area (Å²) in [5.74, 6) is -1.11. The van der Waals surface area contributed by atoms with Crippen LogP contribution in [0.2, 0.25) is 0 Å². The van der Waals surface area contributed by atoms with Gasteiger partial charge in [0.2, 0.25) is 0 Å². The Labute approximate surface area is 114 Å². The van der Waals surface area contributed by atoms with Crippen molar-refractivity contribution < 1.29 is 19.4 Å². The molecule has 0 aromatic carbocycles. The summed E-state index contributed by atoms with van der Waals surface area (Å²) in [7, 11) is 3.40. The molecule has 19 heavy (non-hydrogen) atoms. The van der Waals surface area contributed by atoms with Crippen molar-refractivity contribution in [3.63, 3.8) is 0 Å². The van der Waals surface area contributed by atoms with Gasteiger partial charge in [0, 0.05) is 19.7 Å². The number of aliphatic carboxylic acids is 1. The number of carboxylic acids is 1. The molecule has 0 saturated heterocycles. The highest BCUT2D eigenvalue weighted by Crippen LogP contribution is 1.94. The van der Waals surface area contributed by atoms with Gasteiger partial charge in [0.1, 0.15) is 0 Å². The number of hydrogen-bond acceptors (Lipinski definition) is 4. The number of amides is 2. The van der Waals surface area contributed by atoms with Crippen molar-refractivity contribution in [1.29, 1.82) is 0 Å². The lowest BCUT2D eigenvalue weighted by Gasteiger charge is -2.21. The quantitative estimate of drug-likeness (QED) is 0.520. The van der Waals surface area contributed by atoms with Gasteiger partial charge < -0.3 is 25.4 Å². The number of ether oxygens (including phenoxy) is 1. The topological polar surface area (TPSA) is 90.9 Å². The Balaban J connectivity index is 3.83. The molecular weight excluding hydrogens is 250 g/mol. The fraction of sp³-hybridized carbons (Fsp3) is 0.833. The highest BCUT2D eigenvalue weighted by atomic mass is 16.5. The van der Waals surface area contributed by atoms with E-state index in [0.29, 0.717) is 12.6 Å². The number of urea groups is 1. The second kappa shape index (κ2) is 9.57. The van der Waals surface area contributed by atoms with Crippen LogP contribution in [0.3, 0.4) is 0 Å². The Morgan fingerprint density at radius 2 is 2.00 bits per heavy atom. The van der Waals surface area contributed by atoms with E-state index in [1.807, 2.05) is 7.05 Å². The number of carbonyl (C=O) groups is 2. The van der Waals surface area contributed by atoms with Gasteiger partial charge in [-0.1, -0.05) is 0 Å². The maximum Gasteiger partial charge on any atom is 0.328 e. The minimum absolute atomic E-state index is 0.0567. The molecule has 0 bridgehead atoms. The van der Waals surface area contributed by atoms with Gasteiger partial charge in [0.15, 0.2) is 6.04 Å². The van der Waals surface area contributed by atoms with E-state index < -0.39 is 18.0 Å². The number of nitrogens with zero attached hydrogens (tertiary/aromatic N) is 1. The first-order valence-electron chi connectivity index (χ1n) is 6.34. The van der Waals surface area contributed by atoms with Gasteiger partial charge in [0.05, 0.1) is 6.61 Å². The molecule has 0 fully saturated rings. The van der Waals surface area contributed by atoms with E-state index >= 15 is 0 Å². The van der Waals surface area contributed by atoms with Crippen LogP contribution in [0.25, 0.3) is 0 Å². The zero-order valence-electron chi connectivity index (χ0n) is 12.1. The molecule has 0 spiro atoms. The number of hydrogen-bond donors (Lipinski definition) is 3. The van der Waals surface area contributed by atoms with Crippen molar-refractivity contribution in [3.8, 4) is 0 Å². The minimum Gasteiger partial charge on any atom is -0.480 e. The molecule has 0 aliphatic heterocycles. The molecule has 0 aromatic heterocycles. The first-order chi connectivity index (χ1) is 8.88. The molecule has 0 aromatic rings. The van der Waals surface area contributed by atoms with Crippen molar-refractivity contribution in [2.24, 2.45) is 0 Å². The lowest BCUT2D eigenvalue weighted by Crippen LogP contribution is -2.48. The van der Waals surface area contributed by atoms with E-state index in [1.165, 1.54) is 7.11 Å². The monoisotopic (exact) mass is 275 g/mol. The van der Waals surface area contributed by atoms with Crippen molar-refractivity contribution >= 4 is 12.0 Å². The van der Waals surface area contributed by atoms with Crippen LogP contribution in [0, 0.1) is 0 Å².